The zero-order valence-corrected chi connectivity index (χ0v) is 11.6. The van der Waals surface area contributed by atoms with E-state index in [0.29, 0.717) is 6.54 Å². The number of rotatable bonds is 5. The Bertz CT molecular complexity index is 463. The van der Waals surface area contributed by atoms with Crippen molar-refractivity contribution < 1.29 is 18.3 Å². The highest BCUT2D eigenvalue weighted by molar-refractivity contribution is 5.82. The van der Waals surface area contributed by atoms with Crippen molar-refractivity contribution in [2.24, 2.45) is 5.92 Å². The summed E-state index contributed by atoms with van der Waals surface area (Å²) in [6.45, 7) is 5.96. The van der Waals surface area contributed by atoms with Gasteiger partial charge in [0.05, 0.1) is 7.11 Å². The quantitative estimate of drug-likeness (QED) is 0.837. The summed E-state index contributed by atoms with van der Waals surface area (Å²) >= 11 is 0. The predicted molar refractivity (Wildman–Crippen MR) is 68.6 cm³/mol. The van der Waals surface area contributed by atoms with Crippen molar-refractivity contribution in [3.63, 3.8) is 0 Å². The third-order valence-electron chi connectivity index (χ3n) is 2.93. The average Bonchev–Trinajstić information content (AvgIpc) is 2.34. The van der Waals surface area contributed by atoms with Crippen molar-refractivity contribution in [1.82, 2.24) is 5.32 Å². The van der Waals surface area contributed by atoms with Crippen LogP contribution < -0.4 is 5.32 Å². The third-order valence-corrected chi connectivity index (χ3v) is 2.93. The Hall–Kier alpha value is -1.49. The minimum atomic E-state index is -1.34. The van der Waals surface area contributed by atoms with Crippen LogP contribution in [0.1, 0.15) is 26.3 Å². The standard InChI is InChI=1S/C14H19F2NO2/c1-9(2)8-17-14(3,13(18)19-4)11-6-5-10(15)7-12(11)16/h5-7,9,17H,8H2,1-4H3. The average molecular weight is 271 g/mol. The van der Waals surface area contributed by atoms with Crippen molar-refractivity contribution in [2.75, 3.05) is 13.7 Å². The maximum absolute atomic E-state index is 13.9. The molecule has 0 saturated carbocycles. The first-order valence-electron chi connectivity index (χ1n) is 6.10. The molecule has 1 aromatic carbocycles. The van der Waals surface area contributed by atoms with Gasteiger partial charge >= 0.3 is 5.97 Å². The summed E-state index contributed by atoms with van der Waals surface area (Å²) in [5.74, 6) is -1.80. The van der Waals surface area contributed by atoms with Crippen molar-refractivity contribution >= 4 is 5.97 Å². The first-order chi connectivity index (χ1) is 8.81. The Kier molecular flexibility index (Phi) is 5.00. The number of hydrogen-bond acceptors (Lipinski definition) is 3. The van der Waals surface area contributed by atoms with Crippen LogP contribution in [0.4, 0.5) is 8.78 Å². The van der Waals surface area contributed by atoms with Crippen molar-refractivity contribution in [3.8, 4) is 0 Å². The minimum Gasteiger partial charge on any atom is -0.467 e. The van der Waals surface area contributed by atoms with Crippen LogP contribution in [0.5, 0.6) is 0 Å². The van der Waals surface area contributed by atoms with Crippen LogP contribution in [-0.4, -0.2) is 19.6 Å². The second-order valence-electron chi connectivity index (χ2n) is 5.02. The van der Waals surface area contributed by atoms with E-state index in [1.54, 1.807) is 0 Å². The molecule has 0 saturated heterocycles. The molecular formula is C14H19F2NO2. The smallest absolute Gasteiger partial charge is 0.330 e. The Morgan fingerprint density at radius 3 is 2.53 bits per heavy atom. The van der Waals surface area contributed by atoms with Crippen LogP contribution in [0.25, 0.3) is 0 Å². The molecular weight excluding hydrogens is 252 g/mol. The molecule has 0 radical (unpaired) electrons. The Morgan fingerprint density at radius 1 is 1.42 bits per heavy atom. The number of carbonyl (C=O) groups excluding carboxylic acids is 1. The summed E-state index contributed by atoms with van der Waals surface area (Å²) in [7, 11) is 1.24. The molecule has 0 heterocycles. The van der Waals surface area contributed by atoms with E-state index in [0.717, 1.165) is 12.1 Å². The lowest BCUT2D eigenvalue weighted by atomic mass is 9.90. The maximum Gasteiger partial charge on any atom is 0.330 e. The molecule has 1 aromatic rings. The summed E-state index contributed by atoms with van der Waals surface area (Å²) in [4.78, 5) is 11.9. The van der Waals surface area contributed by atoms with Crippen molar-refractivity contribution in [3.05, 3.63) is 35.4 Å². The number of carbonyl (C=O) groups is 1. The molecule has 1 atom stereocenters. The van der Waals surface area contributed by atoms with E-state index < -0.39 is 23.1 Å². The lowest BCUT2D eigenvalue weighted by Gasteiger charge is -2.29. The van der Waals surface area contributed by atoms with E-state index >= 15 is 0 Å². The Balaban J connectivity index is 3.18. The van der Waals surface area contributed by atoms with Gasteiger partial charge in [-0.1, -0.05) is 19.9 Å². The van der Waals surface area contributed by atoms with Crippen LogP contribution in [0.3, 0.4) is 0 Å². The van der Waals surface area contributed by atoms with Crippen molar-refractivity contribution in [1.29, 1.82) is 0 Å². The Labute approximate surface area is 112 Å². The lowest BCUT2D eigenvalue weighted by Crippen LogP contribution is -2.49. The largest absolute Gasteiger partial charge is 0.467 e. The summed E-state index contributed by atoms with van der Waals surface area (Å²) in [6, 6.07) is 3.14. The normalized spacial score (nSPS) is 14.3. The molecule has 0 aliphatic rings. The molecule has 1 N–H and O–H groups in total. The fourth-order valence-corrected chi connectivity index (χ4v) is 1.78. The zero-order valence-electron chi connectivity index (χ0n) is 11.6. The first kappa shape index (κ1) is 15.6. The highest BCUT2D eigenvalue weighted by atomic mass is 19.1. The molecule has 5 heteroatoms. The monoisotopic (exact) mass is 271 g/mol. The van der Waals surface area contributed by atoms with Crippen LogP contribution in [0.15, 0.2) is 18.2 Å². The minimum absolute atomic E-state index is 0.0707. The molecule has 19 heavy (non-hydrogen) atoms. The number of nitrogens with one attached hydrogen (secondary N) is 1. The van der Waals surface area contributed by atoms with E-state index in [1.165, 1.54) is 20.1 Å². The van der Waals surface area contributed by atoms with Gasteiger partial charge in [0.1, 0.15) is 17.2 Å². The summed E-state index contributed by atoms with van der Waals surface area (Å²) < 4.78 is 31.6. The van der Waals surface area contributed by atoms with Gasteiger partial charge in [-0.25, -0.2) is 13.6 Å². The van der Waals surface area contributed by atoms with E-state index in [2.05, 4.69) is 5.32 Å². The molecule has 0 bridgehead atoms. The highest BCUT2D eigenvalue weighted by Crippen LogP contribution is 2.26. The third kappa shape index (κ3) is 3.50. The number of hydrogen-bond donors (Lipinski definition) is 1. The highest BCUT2D eigenvalue weighted by Gasteiger charge is 2.38. The first-order valence-corrected chi connectivity index (χ1v) is 6.10. The predicted octanol–water partition coefficient (Wildman–Crippen LogP) is 2.60. The number of halogens is 2. The van der Waals surface area contributed by atoms with E-state index in [4.69, 9.17) is 4.74 Å². The van der Waals surface area contributed by atoms with Crippen LogP contribution >= 0.6 is 0 Å². The second kappa shape index (κ2) is 6.10. The van der Waals surface area contributed by atoms with Gasteiger partial charge in [0.2, 0.25) is 0 Å². The summed E-state index contributed by atoms with van der Waals surface area (Å²) in [5.41, 5.74) is -1.27. The number of benzene rings is 1. The van der Waals surface area contributed by atoms with Gasteiger partial charge in [0.25, 0.3) is 0 Å². The number of ether oxygens (including phenoxy) is 1. The van der Waals surface area contributed by atoms with Crippen LogP contribution in [0.2, 0.25) is 0 Å². The van der Waals surface area contributed by atoms with E-state index in [-0.39, 0.29) is 11.5 Å². The van der Waals surface area contributed by atoms with E-state index in [9.17, 15) is 13.6 Å². The van der Waals surface area contributed by atoms with Gasteiger partial charge in [-0.05, 0) is 25.5 Å². The summed E-state index contributed by atoms with van der Waals surface area (Å²) in [5, 5.41) is 2.99. The lowest BCUT2D eigenvalue weighted by molar-refractivity contribution is -0.148. The van der Waals surface area contributed by atoms with Gasteiger partial charge in [-0.2, -0.15) is 0 Å². The Morgan fingerprint density at radius 2 is 2.05 bits per heavy atom. The maximum atomic E-state index is 13.9. The SMILES string of the molecule is COC(=O)C(C)(NCC(C)C)c1ccc(F)cc1F. The van der Waals surface area contributed by atoms with Gasteiger partial charge in [0, 0.05) is 11.6 Å². The molecule has 0 spiro atoms. The second-order valence-corrected chi connectivity index (χ2v) is 5.02. The van der Waals surface area contributed by atoms with E-state index in [1.807, 2.05) is 13.8 Å². The molecule has 106 valence electrons. The van der Waals surface area contributed by atoms with Gasteiger partial charge in [-0.15, -0.1) is 0 Å². The van der Waals surface area contributed by atoms with Gasteiger partial charge in [-0.3, -0.25) is 5.32 Å². The molecule has 0 amide bonds. The fourth-order valence-electron chi connectivity index (χ4n) is 1.78. The van der Waals surface area contributed by atoms with Crippen LogP contribution in [-0.2, 0) is 15.1 Å². The number of methoxy groups -OCH3 is 1. The van der Waals surface area contributed by atoms with Crippen molar-refractivity contribution in [2.45, 2.75) is 26.3 Å². The molecule has 0 fully saturated rings. The van der Waals surface area contributed by atoms with Gasteiger partial charge in [0.15, 0.2) is 0 Å². The summed E-state index contributed by atoms with van der Waals surface area (Å²) in [6.07, 6.45) is 0. The zero-order chi connectivity index (χ0) is 14.6. The topological polar surface area (TPSA) is 38.3 Å². The molecule has 1 rings (SSSR count). The van der Waals surface area contributed by atoms with Gasteiger partial charge < -0.3 is 4.74 Å². The molecule has 3 nitrogen and oxygen atoms in total. The molecule has 0 aliphatic carbocycles. The fraction of sp³-hybridized carbons (Fsp3) is 0.500. The molecule has 1 unspecified atom stereocenters. The number of esters is 1. The molecule has 0 aliphatic heterocycles. The van der Waals surface area contributed by atoms with Crippen LogP contribution in [0, 0.1) is 17.6 Å². The molecule has 0 aromatic heterocycles.